The molecule has 1 unspecified atom stereocenters. The fraction of sp³-hybridized carbons (Fsp3) is 0.375. The summed E-state index contributed by atoms with van der Waals surface area (Å²) in [6.07, 6.45) is 1.39. The van der Waals surface area contributed by atoms with E-state index in [0.717, 1.165) is 11.5 Å². The zero-order chi connectivity index (χ0) is 13.9. The zero-order valence-corrected chi connectivity index (χ0v) is 11.7. The molecule has 19 heavy (non-hydrogen) atoms. The Morgan fingerprint density at radius 2 is 2.00 bits per heavy atom. The summed E-state index contributed by atoms with van der Waals surface area (Å²) in [7, 11) is 0. The van der Waals surface area contributed by atoms with Gasteiger partial charge in [0.25, 0.3) is 0 Å². The van der Waals surface area contributed by atoms with Crippen molar-refractivity contribution in [1.82, 2.24) is 0 Å². The highest BCUT2D eigenvalue weighted by Gasteiger charge is 2.17. The maximum absolute atomic E-state index is 5.93. The number of furan rings is 1. The van der Waals surface area contributed by atoms with Gasteiger partial charge in [-0.3, -0.25) is 0 Å². The Labute approximate surface area is 114 Å². The number of hydrogen-bond acceptors (Lipinski definition) is 3. The van der Waals surface area contributed by atoms with Crippen LogP contribution in [0.3, 0.4) is 0 Å². The van der Waals surface area contributed by atoms with Crippen molar-refractivity contribution >= 4 is 0 Å². The van der Waals surface area contributed by atoms with E-state index in [4.69, 9.17) is 14.9 Å². The lowest BCUT2D eigenvalue weighted by atomic mass is 9.87. The standard InChI is InChI=1S/C16H21NO2/c1-16(2,3)12-6-4-7-13(10-12)19-15(11-17)14-8-5-9-18-14/h4-10,15H,11,17H2,1-3H3. The van der Waals surface area contributed by atoms with Crippen molar-refractivity contribution in [1.29, 1.82) is 0 Å². The van der Waals surface area contributed by atoms with Crippen LogP contribution in [-0.4, -0.2) is 6.54 Å². The normalized spacial score (nSPS) is 13.3. The van der Waals surface area contributed by atoms with Crippen LogP contribution in [0.1, 0.15) is 38.2 Å². The SMILES string of the molecule is CC(C)(C)c1cccc(OC(CN)c2ccco2)c1. The van der Waals surface area contributed by atoms with Gasteiger partial charge in [-0.1, -0.05) is 32.9 Å². The predicted molar refractivity (Wildman–Crippen MR) is 76.3 cm³/mol. The first kappa shape index (κ1) is 13.7. The van der Waals surface area contributed by atoms with Gasteiger partial charge in [0.15, 0.2) is 6.10 Å². The van der Waals surface area contributed by atoms with E-state index >= 15 is 0 Å². The Bertz CT molecular complexity index is 512. The average molecular weight is 259 g/mol. The molecule has 3 nitrogen and oxygen atoms in total. The molecular weight excluding hydrogens is 238 g/mol. The molecule has 1 aromatic carbocycles. The van der Waals surface area contributed by atoms with Crippen LogP contribution in [0, 0.1) is 0 Å². The molecule has 3 heteroatoms. The summed E-state index contributed by atoms with van der Waals surface area (Å²) in [6, 6.07) is 11.8. The first-order valence-electron chi connectivity index (χ1n) is 6.51. The Hall–Kier alpha value is -1.74. The van der Waals surface area contributed by atoms with Crippen LogP contribution in [0.25, 0.3) is 0 Å². The summed E-state index contributed by atoms with van der Waals surface area (Å²) >= 11 is 0. The second kappa shape index (κ2) is 5.49. The number of hydrogen-bond donors (Lipinski definition) is 1. The highest BCUT2D eigenvalue weighted by molar-refractivity contribution is 5.33. The van der Waals surface area contributed by atoms with Crippen LogP contribution in [0.2, 0.25) is 0 Å². The second-order valence-corrected chi connectivity index (χ2v) is 5.64. The first-order valence-corrected chi connectivity index (χ1v) is 6.51. The number of ether oxygens (including phenoxy) is 1. The van der Waals surface area contributed by atoms with Gasteiger partial charge in [0.2, 0.25) is 0 Å². The van der Waals surface area contributed by atoms with Crippen molar-refractivity contribution in [2.24, 2.45) is 5.73 Å². The lowest BCUT2D eigenvalue weighted by Crippen LogP contribution is -2.18. The third-order valence-corrected chi connectivity index (χ3v) is 3.05. The molecule has 1 atom stereocenters. The van der Waals surface area contributed by atoms with Crippen molar-refractivity contribution < 1.29 is 9.15 Å². The van der Waals surface area contributed by atoms with Gasteiger partial charge in [0.05, 0.1) is 6.26 Å². The molecule has 102 valence electrons. The molecule has 0 saturated heterocycles. The second-order valence-electron chi connectivity index (χ2n) is 5.64. The van der Waals surface area contributed by atoms with Gasteiger partial charge in [-0.15, -0.1) is 0 Å². The molecule has 0 radical (unpaired) electrons. The molecule has 0 saturated carbocycles. The minimum Gasteiger partial charge on any atom is -0.481 e. The zero-order valence-electron chi connectivity index (χ0n) is 11.7. The molecule has 1 heterocycles. The van der Waals surface area contributed by atoms with Crippen LogP contribution < -0.4 is 10.5 Å². The van der Waals surface area contributed by atoms with Crippen molar-refractivity contribution in [3.63, 3.8) is 0 Å². The van der Waals surface area contributed by atoms with E-state index in [1.165, 1.54) is 5.56 Å². The summed E-state index contributed by atoms with van der Waals surface area (Å²) in [4.78, 5) is 0. The minimum atomic E-state index is -0.245. The summed E-state index contributed by atoms with van der Waals surface area (Å²) in [5, 5.41) is 0. The van der Waals surface area contributed by atoms with Crippen LogP contribution in [0.5, 0.6) is 5.75 Å². The van der Waals surface area contributed by atoms with Crippen LogP contribution in [-0.2, 0) is 5.41 Å². The summed E-state index contributed by atoms with van der Waals surface area (Å²) < 4.78 is 11.3. The fourth-order valence-corrected chi connectivity index (χ4v) is 1.90. The molecule has 2 aromatic rings. The van der Waals surface area contributed by atoms with Gasteiger partial charge >= 0.3 is 0 Å². The lowest BCUT2D eigenvalue weighted by Gasteiger charge is -2.21. The van der Waals surface area contributed by atoms with Crippen molar-refractivity contribution in [2.45, 2.75) is 32.3 Å². The van der Waals surface area contributed by atoms with E-state index in [9.17, 15) is 0 Å². The molecule has 1 aromatic heterocycles. The van der Waals surface area contributed by atoms with Gasteiger partial charge in [0.1, 0.15) is 11.5 Å². The predicted octanol–water partition coefficient (Wildman–Crippen LogP) is 3.66. The maximum Gasteiger partial charge on any atom is 0.168 e. The van der Waals surface area contributed by atoms with Crippen LogP contribution in [0.15, 0.2) is 47.1 Å². The molecule has 0 spiro atoms. The summed E-state index contributed by atoms with van der Waals surface area (Å²) in [5.74, 6) is 1.57. The maximum atomic E-state index is 5.93. The molecule has 0 amide bonds. The van der Waals surface area contributed by atoms with Gasteiger partial charge in [-0.2, -0.15) is 0 Å². The molecular formula is C16H21NO2. The number of rotatable bonds is 4. The van der Waals surface area contributed by atoms with E-state index in [0.29, 0.717) is 6.54 Å². The van der Waals surface area contributed by atoms with E-state index in [1.807, 2.05) is 24.3 Å². The van der Waals surface area contributed by atoms with Crippen LogP contribution in [0.4, 0.5) is 0 Å². The largest absolute Gasteiger partial charge is 0.481 e. The Kier molecular flexibility index (Phi) is 3.96. The first-order chi connectivity index (χ1) is 9.00. The Morgan fingerprint density at radius 3 is 2.58 bits per heavy atom. The average Bonchev–Trinajstić information content (AvgIpc) is 2.89. The molecule has 2 rings (SSSR count). The lowest BCUT2D eigenvalue weighted by molar-refractivity contribution is 0.183. The number of benzene rings is 1. The van der Waals surface area contributed by atoms with Gasteiger partial charge < -0.3 is 14.9 Å². The summed E-state index contributed by atoms with van der Waals surface area (Å²) in [5.41, 5.74) is 7.09. The molecule has 0 fully saturated rings. The third-order valence-electron chi connectivity index (χ3n) is 3.05. The monoisotopic (exact) mass is 259 g/mol. The highest BCUT2D eigenvalue weighted by atomic mass is 16.5. The van der Waals surface area contributed by atoms with E-state index in [-0.39, 0.29) is 11.5 Å². The highest BCUT2D eigenvalue weighted by Crippen LogP contribution is 2.28. The smallest absolute Gasteiger partial charge is 0.168 e. The van der Waals surface area contributed by atoms with Crippen LogP contribution >= 0.6 is 0 Å². The van der Waals surface area contributed by atoms with Crippen molar-refractivity contribution in [3.8, 4) is 5.75 Å². The third kappa shape index (κ3) is 3.38. The quantitative estimate of drug-likeness (QED) is 0.911. The van der Waals surface area contributed by atoms with Gasteiger partial charge in [-0.05, 0) is 35.2 Å². The molecule has 0 aliphatic rings. The molecule has 2 N–H and O–H groups in total. The minimum absolute atomic E-state index is 0.0995. The Balaban J connectivity index is 2.19. The van der Waals surface area contributed by atoms with Gasteiger partial charge in [-0.25, -0.2) is 0 Å². The fourth-order valence-electron chi connectivity index (χ4n) is 1.90. The Morgan fingerprint density at radius 1 is 1.21 bits per heavy atom. The topological polar surface area (TPSA) is 48.4 Å². The number of nitrogens with two attached hydrogens (primary N) is 1. The molecule has 0 aliphatic heterocycles. The summed E-state index contributed by atoms with van der Waals surface area (Å²) in [6.45, 7) is 6.92. The van der Waals surface area contributed by atoms with E-state index in [2.05, 4.69) is 32.9 Å². The van der Waals surface area contributed by atoms with E-state index in [1.54, 1.807) is 6.26 Å². The van der Waals surface area contributed by atoms with Crippen molar-refractivity contribution in [2.75, 3.05) is 6.54 Å². The van der Waals surface area contributed by atoms with E-state index < -0.39 is 0 Å². The molecule has 0 aliphatic carbocycles. The van der Waals surface area contributed by atoms with Gasteiger partial charge in [0, 0.05) is 6.54 Å². The molecule has 0 bridgehead atoms. The van der Waals surface area contributed by atoms with Crippen molar-refractivity contribution in [3.05, 3.63) is 54.0 Å².